The van der Waals surface area contributed by atoms with Crippen molar-refractivity contribution in [2.75, 3.05) is 33.0 Å². The van der Waals surface area contributed by atoms with Crippen LogP contribution in [0, 0.1) is 0 Å². The third kappa shape index (κ3) is 4.75. The van der Waals surface area contributed by atoms with Crippen molar-refractivity contribution in [3.63, 3.8) is 0 Å². The van der Waals surface area contributed by atoms with Gasteiger partial charge in [0.1, 0.15) is 0 Å². The molecule has 0 saturated carbocycles. The van der Waals surface area contributed by atoms with Gasteiger partial charge >= 0.3 is 0 Å². The predicted octanol–water partition coefficient (Wildman–Crippen LogP) is 0.102. The molecular formula is C8H13NO4. The van der Waals surface area contributed by atoms with Gasteiger partial charge in [-0.2, -0.15) is 0 Å². The minimum absolute atomic E-state index is 0.116. The van der Waals surface area contributed by atoms with Crippen LogP contribution in [-0.2, 0) is 19.0 Å². The second kappa shape index (κ2) is 6.74. The van der Waals surface area contributed by atoms with Crippen molar-refractivity contribution >= 4 is 6.08 Å². The summed E-state index contributed by atoms with van der Waals surface area (Å²) in [6, 6.07) is 0. The van der Waals surface area contributed by atoms with Crippen molar-refractivity contribution in [2.45, 2.75) is 12.7 Å². The topological polar surface area (TPSA) is 57.1 Å². The Morgan fingerprint density at radius 3 is 2.85 bits per heavy atom. The van der Waals surface area contributed by atoms with Crippen LogP contribution in [0.15, 0.2) is 4.99 Å². The molecule has 0 aliphatic carbocycles. The summed E-state index contributed by atoms with van der Waals surface area (Å²) in [6.45, 7) is 2.72. The molecule has 0 N–H and O–H groups in total. The maximum absolute atomic E-state index is 9.66. The lowest BCUT2D eigenvalue weighted by Gasteiger charge is -2.07. The van der Waals surface area contributed by atoms with Crippen LogP contribution in [-0.4, -0.2) is 45.3 Å². The summed E-state index contributed by atoms with van der Waals surface area (Å²) in [4.78, 5) is 13.0. The zero-order valence-electron chi connectivity index (χ0n) is 7.40. The van der Waals surface area contributed by atoms with Gasteiger partial charge < -0.3 is 14.2 Å². The van der Waals surface area contributed by atoms with E-state index in [1.54, 1.807) is 0 Å². The number of carbonyl (C=O) groups excluding carboxylic acids is 1. The number of ether oxygens (including phenoxy) is 3. The molecule has 74 valence electrons. The molecule has 5 heteroatoms. The zero-order chi connectivity index (χ0) is 9.36. The van der Waals surface area contributed by atoms with Crippen molar-refractivity contribution in [2.24, 2.45) is 4.99 Å². The second-order valence-electron chi connectivity index (χ2n) is 2.55. The van der Waals surface area contributed by atoms with Crippen molar-refractivity contribution in [1.29, 1.82) is 0 Å². The van der Waals surface area contributed by atoms with Gasteiger partial charge in [-0.25, -0.2) is 9.79 Å². The summed E-state index contributed by atoms with van der Waals surface area (Å²) in [5.74, 6) is 0. The molecule has 0 bridgehead atoms. The van der Waals surface area contributed by atoms with Gasteiger partial charge in [-0.1, -0.05) is 0 Å². The van der Waals surface area contributed by atoms with E-state index >= 15 is 0 Å². The number of rotatable bonds is 6. The Hall–Kier alpha value is -0.740. The largest absolute Gasteiger partial charge is 0.379 e. The van der Waals surface area contributed by atoms with E-state index in [1.165, 1.54) is 6.08 Å². The Morgan fingerprint density at radius 1 is 1.38 bits per heavy atom. The summed E-state index contributed by atoms with van der Waals surface area (Å²) in [5, 5.41) is 0. The highest BCUT2D eigenvalue weighted by atomic mass is 16.7. The first-order valence-corrected chi connectivity index (χ1v) is 4.28. The number of hydrogen-bond donors (Lipinski definition) is 0. The Labute approximate surface area is 76.7 Å². The van der Waals surface area contributed by atoms with Gasteiger partial charge in [0.25, 0.3) is 0 Å². The number of hydrogen-bond acceptors (Lipinski definition) is 5. The highest BCUT2D eigenvalue weighted by Gasteiger charge is 2.14. The fourth-order valence-corrected chi connectivity index (χ4v) is 1.01. The second-order valence-corrected chi connectivity index (χ2v) is 2.55. The summed E-state index contributed by atoms with van der Waals surface area (Å²) in [6.07, 6.45) is 2.06. The Balaban J connectivity index is 1.85. The molecular weight excluding hydrogens is 174 g/mol. The van der Waals surface area contributed by atoms with Crippen LogP contribution < -0.4 is 0 Å². The van der Waals surface area contributed by atoms with Gasteiger partial charge in [0.2, 0.25) is 6.08 Å². The summed E-state index contributed by atoms with van der Waals surface area (Å²) >= 11 is 0. The number of nitrogens with zero attached hydrogens (tertiary/aromatic N) is 1. The smallest absolute Gasteiger partial charge is 0.235 e. The first kappa shape index (κ1) is 10.3. The fourth-order valence-electron chi connectivity index (χ4n) is 1.01. The molecule has 0 radical (unpaired) electrons. The highest BCUT2D eigenvalue weighted by Crippen LogP contribution is 2.07. The summed E-state index contributed by atoms with van der Waals surface area (Å²) in [5.41, 5.74) is 0. The normalized spacial score (nSPS) is 17.2. The molecule has 0 aromatic rings. The predicted molar refractivity (Wildman–Crippen MR) is 44.1 cm³/mol. The molecule has 0 unspecified atom stereocenters. The standard InChI is InChI=1S/C8H13NO4/c10-7-9-2-4-11-3-1-8-12-5-6-13-8/h8H,1-6H2. The lowest BCUT2D eigenvalue weighted by Crippen LogP contribution is -2.12. The lowest BCUT2D eigenvalue weighted by molar-refractivity contribution is -0.0612. The summed E-state index contributed by atoms with van der Waals surface area (Å²) < 4.78 is 15.6. The molecule has 1 heterocycles. The van der Waals surface area contributed by atoms with Crippen molar-refractivity contribution < 1.29 is 19.0 Å². The van der Waals surface area contributed by atoms with Crippen LogP contribution in [0.3, 0.4) is 0 Å². The molecule has 1 aliphatic heterocycles. The first-order chi connectivity index (χ1) is 6.43. The molecule has 5 nitrogen and oxygen atoms in total. The molecule has 0 aromatic heterocycles. The van der Waals surface area contributed by atoms with E-state index < -0.39 is 0 Å². The van der Waals surface area contributed by atoms with Crippen molar-refractivity contribution in [1.82, 2.24) is 0 Å². The maximum Gasteiger partial charge on any atom is 0.235 e. The Bertz CT molecular complexity index is 173. The van der Waals surface area contributed by atoms with E-state index in [0.717, 1.165) is 6.42 Å². The minimum Gasteiger partial charge on any atom is -0.379 e. The molecule has 13 heavy (non-hydrogen) atoms. The quantitative estimate of drug-likeness (QED) is 0.336. The lowest BCUT2D eigenvalue weighted by atomic mass is 10.4. The van der Waals surface area contributed by atoms with E-state index in [1.807, 2.05) is 0 Å². The first-order valence-electron chi connectivity index (χ1n) is 4.28. The molecule has 0 atom stereocenters. The SMILES string of the molecule is O=C=NCCOCCC1OCCO1. The average Bonchev–Trinajstić information content (AvgIpc) is 2.63. The number of aliphatic imine (C=N–C) groups is 1. The molecule has 0 spiro atoms. The van der Waals surface area contributed by atoms with Crippen LogP contribution >= 0.6 is 0 Å². The van der Waals surface area contributed by atoms with Gasteiger partial charge in [0.15, 0.2) is 6.29 Å². The van der Waals surface area contributed by atoms with Crippen LogP contribution in [0.25, 0.3) is 0 Å². The van der Waals surface area contributed by atoms with E-state index in [9.17, 15) is 4.79 Å². The minimum atomic E-state index is -0.116. The third-order valence-electron chi connectivity index (χ3n) is 1.60. The van der Waals surface area contributed by atoms with Gasteiger partial charge in [0, 0.05) is 6.42 Å². The molecule has 1 saturated heterocycles. The number of isocyanates is 1. The molecule has 0 aromatic carbocycles. The van der Waals surface area contributed by atoms with Crippen LogP contribution in [0.1, 0.15) is 6.42 Å². The average molecular weight is 187 g/mol. The van der Waals surface area contributed by atoms with Gasteiger partial charge in [0.05, 0.1) is 33.0 Å². The van der Waals surface area contributed by atoms with Gasteiger partial charge in [-0.05, 0) is 0 Å². The third-order valence-corrected chi connectivity index (χ3v) is 1.60. The van der Waals surface area contributed by atoms with Crippen LogP contribution in [0.2, 0.25) is 0 Å². The zero-order valence-corrected chi connectivity index (χ0v) is 7.40. The van der Waals surface area contributed by atoms with E-state index in [4.69, 9.17) is 14.2 Å². The molecule has 0 amide bonds. The maximum atomic E-state index is 9.66. The Kier molecular flexibility index (Phi) is 5.36. The van der Waals surface area contributed by atoms with Gasteiger partial charge in [-0.15, -0.1) is 0 Å². The van der Waals surface area contributed by atoms with Crippen LogP contribution in [0.5, 0.6) is 0 Å². The monoisotopic (exact) mass is 187 g/mol. The van der Waals surface area contributed by atoms with E-state index in [0.29, 0.717) is 33.0 Å². The summed E-state index contributed by atoms with van der Waals surface area (Å²) in [7, 11) is 0. The highest BCUT2D eigenvalue weighted by molar-refractivity contribution is 5.32. The van der Waals surface area contributed by atoms with Gasteiger partial charge in [-0.3, -0.25) is 0 Å². The molecule has 1 fully saturated rings. The molecule has 1 aliphatic rings. The van der Waals surface area contributed by atoms with Crippen molar-refractivity contribution in [3.8, 4) is 0 Å². The van der Waals surface area contributed by atoms with E-state index in [2.05, 4.69) is 4.99 Å². The fraction of sp³-hybridized carbons (Fsp3) is 0.875. The Morgan fingerprint density at radius 2 is 2.15 bits per heavy atom. The molecule has 1 rings (SSSR count). The van der Waals surface area contributed by atoms with E-state index in [-0.39, 0.29) is 6.29 Å². The van der Waals surface area contributed by atoms with Crippen LogP contribution in [0.4, 0.5) is 0 Å². The van der Waals surface area contributed by atoms with Crippen molar-refractivity contribution in [3.05, 3.63) is 0 Å².